The Morgan fingerprint density at radius 1 is 1.35 bits per heavy atom. The van der Waals surface area contributed by atoms with Gasteiger partial charge in [0.25, 0.3) is 0 Å². The number of H-pyrrole nitrogens is 1. The molecule has 1 saturated carbocycles. The Labute approximate surface area is 135 Å². The zero-order valence-electron chi connectivity index (χ0n) is 13.9. The number of ether oxygens (including phenoxy) is 1. The van der Waals surface area contributed by atoms with Crippen molar-refractivity contribution in [3.8, 4) is 0 Å². The molecular formula is C17H23N5O. The first-order valence-corrected chi connectivity index (χ1v) is 8.50. The Morgan fingerprint density at radius 2 is 2.22 bits per heavy atom. The zero-order chi connectivity index (χ0) is 16.0. The quantitative estimate of drug-likeness (QED) is 0.802. The van der Waals surface area contributed by atoms with E-state index in [1.54, 1.807) is 6.20 Å². The van der Waals surface area contributed by atoms with Crippen molar-refractivity contribution < 1.29 is 4.74 Å². The number of nitrogens with one attached hydrogen (secondary N) is 1. The van der Waals surface area contributed by atoms with Gasteiger partial charge in [-0.15, -0.1) is 10.2 Å². The van der Waals surface area contributed by atoms with Crippen LogP contribution in [0.3, 0.4) is 0 Å². The van der Waals surface area contributed by atoms with E-state index in [9.17, 15) is 0 Å². The maximum atomic E-state index is 6.08. The van der Waals surface area contributed by atoms with Gasteiger partial charge in [0.2, 0.25) is 0 Å². The Morgan fingerprint density at radius 3 is 3.00 bits per heavy atom. The minimum Gasteiger partial charge on any atom is -0.376 e. The second kappa shape index (κ2) is 5.60. The third-order valence-corrected chi connectivity index (χ3v) is 4.94. The average molecular weight is 313 g/mol. The first-order chi connectivity index (χ1) is 11.2. The first kappa shape index (κ1) is 14.6. The number of nitrogens with zero attached hydrogens (tertiary/aromatic N) is 4. The molecule has 3 atom stereocenters. The van der Waals surface area contributed by atoms with Crippen molar-refractivity contribution in [2.75, 3.05) is 0 Å². The van der Waals surface area contributed by atoms with Gasteiger partial charge in [0.15, 0.2) is 11.3 Å². The molecule has 0 bridgehead atoms. The number of hydrogen-bond acceptors (Lipinski definition) is 4. The lowest BCUT2D eigenvalue weighted by molar-refractivity contribution is 0.00969. The van der Waals surface area contributed by atoms with Crippen molar-refractivity contribution in [1.29, 1.82) is 0 Å². The molecule has 23 heavy (non-hydrogen) atoms. The van der Waals surface area contributed by atoms with Crippen LogP contribution in [0.5, 0.6) is 0 Å². The molecule has 4 rings (SSSR count). The minimum absolute atomic E-state index is 0.270. The van der Waals surface area contributed by atoms with Gasteiger partial charge in [0, 0.05) is 12.1 Å². The van der Waals surface area contributed by atoms with Crippen LogP contribution in [0.1, 0.15) is 51.8 Å². The smallest absolute Gasteiger partial charge is 0.179 e. The summed E-state index contributed by atoms with van der Waals surface area (Å²) in [5.41, 5.74) is 2.74. The maximum absolute atomic E-state index is 6.08. The SMILES string of the molecule is CCC1CC(OC(C)C)CC1c1nnc2cnc3[nH]ccc3n12. The van der Waals surface area contributed by atoms with E-state index in [0.29, 0.717) is 17.9 Å². The summed E-state index contributed by atoms with van der Waals surface area (Å²) in [6.07, 6.45) is 7.55. The average Bonchev–Trinajstić information content (AvgIpc) is 3.22. The predicted molar refractivity (Wildman–Crippen MR) is 88.4 cm³/mol. The number of aromatic amines is 1. The highest BCUT2D eigenvalue weighted by molar-refractivity contribution is 5.74. The highest BCUT2D eigenvalue weighted by Crippen LogP contribution is 2.42. The molecule has 6 heteroatoms. The van der Waals surface area contributed by atoms with Crippen molar-refractivity contribution in [1.82, 2.24) is 24.6 Å². The fourth-order valence-electron chi connectivity index (χ4n) is 3.98. The molecule has 0 aromatic carbocycles. The van der Waals surface area contributed by atoms with Gasteiger partial charge in [-0.25, -0.2) is 4.98 Å². The number of fused-ring (bicyclic) bond motifs is 3. The minimum atomic E-state index is 0.270. The van der Waals surface area contributed by atoms with Gasteiger partial charge < -0.3 is 9.72 Å². The van der Waals surface area contributed by atoms with Gasteiger partial charge in [-0.3, -0.25) is 4.40 Å². The topological polar surface area (TPSA) is 68.1 Å². The molecule has 122 valence electrons. The first-order valence-electron chi connectivity index (χ1n) is 8.50. The highest BCUT2D eigenvalue weighted by Gasteiger charge is 2.38. The summed E-state index contributed by atoms with van der Waals surface area (Å²) in [5.74, 6) is 2.03. The van der Waals surface area contributed by atoms with Crippen LogP contribution in [0, 0.1) is 5.92 Å². The molecular weight excluding hydrogens is 290 g/mol. The van der Waals surface area contributed by atoms with E-state index in [1.165, 1.54) is 0 Å². The van der Waals surface area contributed by atoms with Crippen LogP contribution in [0.15, 0.2) is 18.5 Å². The van der Waals surface area contributed by atoms with Crippen LogP contribution in [0.25, 0.3) is 16.8 Å². The Hall–Kier alpha value is -1.95. The van der Waals surface area contributed by atoms with E-state index in [2.05, 4.69) is 45.3 Å². The summed E-state index contributed by atoms with van der Waals surface area (Å²) in [7, 11) is 0. The van der Waals surface area contributed by atoms with Gasteiger partial charge in [0.05, 0.1) is 23.9 Å². The lowest BCUT2D eigenvalue weighted by Gasteiger charge is -2.15. The largest absolute Gasteiger partial charge is 0.376 e. The van der Waals surface area contributed by atoms with Crippen LogP contribution in [-0.4, -0.2) is 36.8 Å². The monoisotopic (exact) mass is 313 g/mol. The van der Waals surface area contributed by atoms with Gasteiger partial charge in [-0.2, -0.15) is 0 Å². The van der Waals surface area contributed by atoms with E-state index in [0.717, 1.165) is 41.9 Å². The van der Waals surface area contributed by atoms with Crippen molar-refractivity contribution in [3.63, 3.8) is 0 Å². The molecule has 0 aliphatic heterocycles. The predicted octanol–water partition coefficient (Wildman–Crippen LogP) is 3.30. The molecule has 0 spiro atoms. The Bertz CT molecular complexity index is 821. The van der Waals surface area contributed by atoms with Crippen LogP contribution in [0.2, 0.25) is 0 Å². The molecule has 1 aliphatic carbocycles. The van der Waals surface area contributed by atoms with E-state index in [4.69, 9.17) is 4.74 Å². The number of aromatic nitrogens is 5. The van der Waals surface area contributed by atoms with Crippen LogP contribution in [0.4, 0.5) is 0 Å². The molecule has 3 unspecified atom stereocenters. The summed E-state index contributed by atoms with van der Waals surface area (Å²) >= 11 is 0. The normalized spacial score (nSPS) is 25.1. The molecule has 0 amide bonds. The molecule has 0 radical (unpaired) electrons. The molecule has 3 aromatic heterocycles. The zero-order valence-corrected chi connectivity index (χ0v) is 13.9. The van der Waals surface area contributed by atoms with Crippen molar-refractivity contribution in [2.45, 2.75) is 58.2 Å². The van der Waals surface area contributed by atoms with Gasteiger partial charge in [-0.1, -0.05) is 13.3 Å². The van der Waals surface area contributed by atoms with E-state index < -0.39 is 0 Å². The van der Waals surface area contributed by atoms with Gasteiger partial charge in [0.1, 0.15) is 5.82 Å². The molecule has 0 saturated heterocycles. The number of rotatable bonds is 4. The molecule has 3 heterocycles. The lowest BCUT2D eigenvalue weighted by atomic mass is 9.93. The third kappa shape index (κ3) is 2.41. The molecule has 1 aliphatic rings. The lowest BCUT2D eigenvalue weighted by Crippen LogP contribution is -2.14. The second-order valence-corrected chi connectivity index (χ2v) is 6.77. The van der Waals surface area contributed by atoms with Crippen molar-refractivity contribution in [2.24, 2.45) is 5.92 Å². The van der Waals surface area contributed by atoms with Crippen LogP contribution < -0.4 is 0 Å². The summed E-state index contributed by atoms with van der Waals surface area (Å²) in [4.78, 5) is 7.57. The van der Waals surface area contributed by atoms with Crippen molar-refractivity contribution >= 4 is 16.8 Å². The Kier molecular flexibility index (Phi) is 3.56. The van der Waals surface area contributed by atoms with Crippen LogP contribution in [-0.2, 0) is 4.74 Å². The molecule has 6 nitrogen and oxygen atoms in total. The van der Waals surface area contributed by atoms with Gasteiger partial charge in [-0.05, 0) is 38.7 Å². The highest BCUT2D eigenvalue weighted by atomic mass is 16.5. The summed E-state index contributed by atoms with van der Waals surface area (Å²) in [6, 6.07) is 2.04. The standard InChI is InChI=1S/C17H23N5O/c1-4-11-7-12(23-10(2)3)8-13(11)17-21-20-15-9-19-16-14(22(15)17)5-6-18-16/h5-6,9-13,18H,4,7-8H2,1-3H3. The fourth-order valence-corrected chi connectivity index (χ4v) is 3.98. The summed E-state index contributed by atoms with van der Waals surface area (Å²) in [5, 5.41) is 8.87. The van der Waals surface area contributed by atoms with E-state index >= 15 is 0 Å². The van der Waals surface area contributed by atoms with Crippen LogP contribution >= 0.6 is 0 Å². The molecule has 3 aromatic rings. The number of hydrogen-bond donors (Lipinski definition) is 1. The summed E-state index contributed by atoms with van der Waals surface area (Å²) in [6.45, 7) is 6.47. The van der Waals surface area contributed by atoms with Crippen molar-refractivity contribution in [3.05, 3.63) is 24.3 Å². The second-order valence-electron chi connectivity index (χ2n) is 6.77. The van der Waals surface area contributed by atoms with E-state index in [-0.39, 0.29) is 6.10 Å². The van der Waals surface area contributed by atoms with E-state index in [1.807, 2.05) is 12.3 Å². The molecule has 1 fully saturated rings. The Balaban J connectivity index is 1.77. The third-order valence-electron chi connectivity index (χ3n) is 4.94. The van der Waals surface area contributed by atoms with Gasteiger partial charge >= 0.3 is 0 Å². The summed E-state index contributed by atoms with van der Waals surface area (Å²) < 4.78 is 8.24. The maximum Gasteiger partial charge on any atom is 0.179 e. The fraction of sp³-hybridized carbons (Fsp3) is 0.588. The molecule has 1 N–H and O–H groups in total.